The van der Waals surface area contributed by atoms with E-state index in [0.29, 0.717) is 10.6 Å². The highest BCUT2D eigenvalue weighted by atomic mass is 35.5. The summed E-state index contributed by atoms with van der Waals surface area (Å²) in [6, 6.07) is 3.08. The lowest BCUT2D eigenvalue weighted by molar-refractivity contribution is 0.424. The smallest absolute Gasteiger partial charge is 0.261 e. The minimum Gasteiger partial charge on any atom is -0.397 e. The van der Waals surface area contributed by atoms with Gasteiger partial charge in [-0.1, -0.05) is 28.4 Å². The molecule has 0 unspecified atom stereocenters. The zero-order valence-corrected chi connectivity index (χ0v) is 12.1. The number of anilines is 1. The molecule has 2 rings (SSSR count). The fourth-order valence-corrected chi connectivity index (χ4v) is 2.42. The molecule has 0 bridgehead atoms. The number of nitrogens with zero attached hydrogens (tertiary/aromatic N) is 2. The van der Waals surface area contributed by atoms with Crippen LogP contribution >= 0.6 is 23.2 Å². The number of halogens is 2. The maximum Gasteiger partial charge on any atom is 0.261 e. The van der Waals surface area contributed by atoms with Crippen LogP contribution in [-0.2, 0) is 15.6 Å². The van der Waals surface area contributed by atoms with E-state index in [-0.39, 0.29) is 28.2 Å². The Hall–Kier alpha value is -1.31. The molecule has 2 aromatic rings. The summed E-state index contributed by atoms with van der Waals surface area (Å²) in [5, 5.41) is 4.15. The van der Waals surface area contributed by atoms with Crippen molar-refractivity contribution in [3.8, 4) is 11.5 Å². The summed E-state index contributed by atoms with van der Waals surface area (Å²) in [4.78, 5) is 3.95. The van der Waals surface area contributed by atoms with E-state index in [9.17, 15) is 8.42 Å². The van der Waals surface area contributed by atoms with Crippen LogP contribution in [-0.4, -0.2) is 24.8 Å². The summed E-state index contributed by atoms with van der Waals surface area (Å²) in [5.74, 6) is -0.259. The van der Waals surface area contributed by atoms with Crippen molar-refractivity contribution in [2.45, 2.75) is 5.75 Å². The summed E-state index contributed by atoms with van der Waals surface area (Å²) in [6.45, 7) is 0. The van der Waals surface area contributed by atoms with Crippen LogP contribution in [0.1, 0.15) is 5.82 Å². The van der Waals surface area contributed by atoms with E-state index in [4.69, 9.17) is 33.5 Å². The van der Waals surface area contributed by atoms with Gasteiger partial charge in [-0.3, -0.25) is 0 Å². The molecule has 9 heteroatoms. The van der Waals surface area contributed by atoms with Crippen LogP contribution in [0, 0.1) is 0 Å². The molecule has 102 valence electrons. The van der Waals surface area contributed by atoms with Gasteiger partial charge in [0.15, 0.2) is 15.7 Å². The standard InChI is InChI=1S/C10H9Cl2N3O3S/c1-19(16,17)4-7-14-10(18-15-7)8-5(11)2-3-6(12)9(8)13/h2-3H,4,13H2,1H3. The highest BCUT2D eigenvalue weighted by molar-refractivity contribution is 7.89. The SMILES string of the molecule is CS(=O)(=O)Cc1noc(-c2c(Cl)ccc(Cl)c2N)n1. The maximum absolute atomic E-state index is 11.1. The Kier molecular flexibility index (Phi) is 3.71. The fourth-order valence-electron chi connectivity index (χ4n) is 1.43. The Morgan fingerprint density at radius 3 is 2.58 bits per heavy atom. The van der Waals surface area contributed by atoms with E-state index in [2.05, 4.69) is 10.1 Å². The van der Waals surface area contributed by atoms with Crippen LogP contribution in [0.4, 0.5) is 5.69 Å². The second-order valence-electron chi connectivity index (χ2n) is 3.90. The third-order valence-electron chi connectivity index (χ3n) is 2.21. The van der Waals surface area contributed by atoms with Gasteiger partial charge in [0.2, 0.25) is 0 Å². The van der Waals surface area contributed by atoms with Gasteiger partial charge < -0.3 is 10.3 Å². The topological polar surface area (TPSA) is 99.1 Å². The Morgan fingerprint density at radius 1 is 1.32 bits per heavy atom. The molecule has 2 N–H and O–H groups in total. The quantitative estimate of drug-likeness (QED) is 0.870. The van der Waals surface area contributed by atoms with E-state index >= 15 is 0 Å². The van der Waals surface area contributed by atoms with Crippen molar-refractivity contribution in [2.75, 3.05) is 12.0 Å². The number of benzene rings is 1. The molecule has 1 aromatic heterocycles. The Bertz CT molecular complexity index is 728. The molecule has 0 aliphatic rings. The minimum absolute atomic E-state index is 0.0312. The van der Waals surface area contributed by atoms with Gasteiger partial charge >= 0.3 is 0 Å². The second-order valence-corrected chi connectivity index (χ2v) is 6.86. The van der Waals surface area contributed by atoms with Crippen LogP contribution in [0.2, 0.25) is 10.0 Å². The first kappa shape index (κ1) is 14.1. The van der Waals surface area contributed by atoms with Gasteiger partial charge in [0.05, 0.1) is 21.3 Å². The number of aromatic nitrogens is 2. The van der Waals surface area contributed by atoms with E-state index in [1.807, 2.05) is 0 Å². The number of nitrogens with two attached hydrogens (primary N) is 1. The minimum atomic E-state index is -3.25. The molecule has 0 radical (unpaired) electrons. The summed E-state index contributed by atoms with van der Waals surface area (Å²) < 4.78 is 27.2. The second kappa shape index (κ2) is 4.99. The molecule has 1 heterocycles. The predicted octanol–water partition coefficient (Wildman–Crippen LogP) is 2.17. The molecular formula is C10H9Cl2N3O3S. The molecule has 0 spiro atoms. The van der Waals surface area contributed by atoms with Crippen molar-refractivity contribution in [2.24, 2.45) is 0 Å². The van der Waals surface area contributed by atoms with Crippen LogP contribution < -0.4 is 5.73 Å². The lowest BCUT2D eigenvalue weighted by atomic mass is 10.2. The molecule has 0 fully saturated rings. The molecule has 0 amide bonds. The maximum atomic E-state index is 11.1. The molecule has 0 saturated heterocycles. The molecule has 6 nitrogen and oxygen atoms in total. The molecule has 1 aromatic carbocycles. The Morgan fingerprint density at radius 2 is 1.95 bits per heavy atom. The highest BCUT2D eigenvalue weighted by Crippen LogP contribution is 2.36. The first-order valence-corrected chi connectivity index (χ1v) is 7.84. The van der Waals surface area contributed by atoms with Crippen molar-refractivity contribution in [3.63, 3.8) is 0 Å². The van der Waals surface area contributed by atoms with Crippen molar-refractivity contribution >= 4 is 38.7 Å². The largest absolute Gasteiger partial charge is 0.397 e. The van der Waals surface area contributed by atoms with Gasteiger partial charge in [0.1, 0.15) is 5.75 Å². The van der Waals surface area contributed by atoms with E-state index in [1.54, 1.807) is 0 Å². The first-order chi connectivity index (χ1) is 8.78. The summed E-state index contributed by atoms with van der Waals surface area (Å²) in [5.41, 5.74) is 6.28. The molecular weight excluding hydrogens is 313 g/mol. The average molecular weight is 322 g/mol. The molecule has 0 aliphatic heterocycles. The van der Waals surface area contributed by atoms with E-state index < -0.39 is 9.84 Å². The van der Waals surface area contributed by atoms with Crippen LogP contribution in [0.5, 0.6) is 0 Å². The third-order valence-corrected chi connectivity index (χ3v) is 3.64. The van der Waals surface area contributed by atoms with Crippen molar-refractivity contribution in [1.82, 2.24) is 10.1 Å². The van der Waals surface area contributed by atoms with Gasteiger partial charge in [0, 0.05) is 6.26 Å². The molecule has 0 aliphatic carbocycles. The van der Waals surface area contributed by atoms with Crippen LogP contribution in [0.25, 0.3) is 11.5 Å². The average Bonchev–Trinajstić information content (AvgIpc) is 2.70. The van der Waals surface area contributed by atoms with Gasteiger partial charge in [-0.05, 0) is 12.1 Å². The lowest BCUT2D eigenvalue weighted by Crippen LogP contribution is -2.02. The monoisotopic (exact) mass is 321 g/mol. The normalized spacial score (nSPS) is 11.7. The number of hydrogen-bond acceptors (Lipinski definition) is 6. The van der Waals surface area contributed by atoms with Crippen molar-refractivity contribution in [3.05, 3.63) is 28.0 Å². The zero-order chi connectivity index (χ0) is 14.2. The van der Waals surface area contributed by atoms with Crippen LogP contribution in [0.15, 0.2) is 16.7 Å². The summed E-state index contributed by atoms with van der Waals surface area (Å²) in [6.07, 6.45) is 1.07. The number of sulfone groups is 1. The predicted molar refractivity (Wildman–Crippen MR) is 72.7 cm³/mol. The summed E-state index contributed by atoms with van der Waals surface area (Å²) in [7, 11) is -3.25. The number of nitrogen functional groups attached to an aromatic ring is 1. The third kappa shape index (κ3) is 3.17. The first-order valence-electron chi connectivity index (χ1n) is 5.02. The van der Waals surface area contributed by atoms with Gasteiger partial charge in [-0.15, -0.1) is 0 Å². The molecule has 0 atom stereocenters. The van der Waals surface area contributed by atoms with Crippen LogP contribution in [0.3, 0.4) is 0 Å². The Labute approximate surface area is 119 Å². The van der Waals surface area contributed by atoms with Gasteiger partial charge in [-0.2, -0.15) is 4.98 Å². The van der Waals surface area contributed by atoms with Crippen molar-refractivity contribution in [1.29, 1.82) is 0 Å². The number of rotatable bonds is 3. The lowest BCUT2D eigenvalue weighted by Gasteiger charge is -2.04. The zero-order valence-electron chi connectivity index (χ0n) is 9.72. The number of hydrogen-bond donors (Lipinski definition) is 1. The molecule has 0 saturated carbocycles. The summed E-state index contributed by atoms with van der Waals surface area (Å²) >= 11 is 11.9. The molecule has 19 heavy (non-hydrogen) atoms. The van der Waals surface area contributed by atoms with Gasteiger partial charge in [0.25, 0.3) is 5.89 Å². The Balaban J connectivity index is 2.47. The van der Waals surface area contributed by atoms with E-state index in [1.165, 1.54) is 12.1 Å². The fraction of sp³-hybridized carbons (Fsp3) is 0.200. The van der Waals surface area contributed by atoms with Gasteiger partial charge in [-0.25, -0.2) is 8.42 Å². The van der Waals surface area contributed by atoms with E-state index in [0.717, 1.165) is 6.26 Å². The highest BCUT2D eigenvalue weighted by Gasteiger charge is 2.19. The van der Waals surface area contributed by atoms with Crippen molar-refractivity contribution < 1.29 is 12.9 Å².